The van der Waals surface area contributed by atoms with E-state index in [1.54, 1.807) is 26.6 Å². The zero-order chi connectivity index (χ0) is 26.5. The van der Waals surface area contributed by atoms with Crippen LogP contribution in [0.2, 0.25) is 0 Å². The van der Waals surface area contributed by atoms with Gasteiger partial charge in [-0.3, -0.25) is 4.79 Å². The lowest BCUT2D eigenvalue weighted by Gasteiger charge is -2.30. The Morgan fingerprint density at radius 3 is 2.32 bits per heavy atom. The molecule has 8 nitrogen and oxygen atoms in total. The van der Waals surface area contributed by atoms with Crippen LogP contribution in [0.1, 0.15) is 62.0 Å². The van der Waals surface area contributed by atoms with E-state index in [-0.39, 0.29) is 18.6 Å². The third-order valence-electron chi connectivity index (χ3n) is 7.28. The zero-order valence-electron chi connectivity index (χ0n) is 21.9. The van der Waals surface area contributed by atoms with Crippen LogP contribution in [0.3, 0.4) is 0 Å². The molecule has 2 saturated carbocycles. The predicted octanol–water partition coefficient (Wildman–Crippen LogP) is 5.82. The van der Waals surface area contributed by atoms with Crippen molar-refractivity contribution in [1.29, 1.82) is 0 Å². The van der Waals surface area contributed by atoms with Crippen molar-refractivity contribution in [3.8, 4) is 34.4 Å². The largest absolute Gasteiger partial charge is 0.497 e. The molecule has 38 heavy (non-hydrogen) atoms. The van der Waals surface area contributed by atoms with Gasteiger partial charge in [-0.25, -0.2) is 9.97 Å². The number of aliphatic carboxylic acids is 1. The number of ether oxygens (including phenoxy) is 4. The van der Waals surface area contributed by atoms with Crippen LogP contribution in [0.4, 0.5) is 0 Å². The van der Waals surface area contributed by atoms with Crippen LogP contribution in [-0.4, -0.2) is 47.5 Å². The Hall–Kier alpha value is -3.81. The lowest BCUT2D eigenvalue weighted by Crippen LogP contribution is -2.30. The molecule has 3 aromatic rings. The molecule has 200 valence electrons. The summed E-state index contributed by atoms with van der Waals surface area (Å²) in [5, 5.41) is 9.14. The first-order valence-electron chi connectivity index (χ1n) is 13.3. The lowest BCUT2D eigenvalue weighted by atomic mass is 9.94. The Labute approximate surface area is 222 Å². The molecular weight excluding hydrogens is 484 g/mol. The summed E-state index contributed by atoms with van der Waals surface area (Å²) in [4.78, 5) is 20.0. The molecule has 2 aromatic heterocycles. The number of carboxylic acids is 1. The van der Waals surface area contributed by atoms with E-state index in [9.17, 15) is 4.79 Å². The summed E-state index contributed by atoms with van der Waals surface area (Å²) in [5.41, 5.74) is 4.06. The molecule has 2 aliphatic rings. The first-order valence-corrected chi connectivity index (χ1v) is 13.3. The summed E-state index contributed by atoms with van der Waals surface area (Å²) >= 11 is 0. The molecule has 2 aliphatic carbocycles. The van der Waals surface area contributed by atoms with Crippen LogP contribution >= 0.6 is 0 Å². The molecule has 0 atom stereocenters. The minimum Gasteiger partial charge on any atom is -0.497 e. The van der Waals surface area contributed by atoms with E-state index >= 15 is 0 Å². The maximum atomic E-state index is 11.1. The van der Waals surface area contributed by atoms with Crippen LogP contribution in [0.5, 0.6) is 23.3 Å². The average Bonchev–Trinajstić information content (AvgIpc) is 3.78. The highest BCUT2D eigenvalue weighted by molar-refractivity contribution is 5.71. The molecule has 5 rings (SSSR count). The van der Waals surface area contributed by atoms with Gasteiger partial charge in [-0.2, -0.15) is 0 Å². The first kappa shape index (κ1) is 25.8. The maximum Gasteiger partial charge on any atom is 0.303 e. The Kier molecular flexibility index (Phi) is 7.96. The Morgan fingerprint density at radius 1 is 0.921 bits per heavy atom. The van der Waals surface area contributed by atoms with E-state index in [1.807, 2.05) is 36.4 Å². The van der Waals surface area contributed by atoms with Crippen molar-refractivity contribution in [1.82, 2.24) is 9.97 Å². The maximum absolute atomic E-state index is 11.1. The van der Waals surface area contributed by atoms with Gasteiger partial charge in [0, 0.05) is 47.6 Å². The molecule has 2 heterocycles. The highest BCUT2D eigenvalue weighted by Crippen LogP contribution is 2.46. The molecule has 0 aliphatic heterocycles. The molecule has 2 fully saturated rings. The number of rotatable bonds is 11. The Morgan fingerprint density at radius 2 is 1.68 bits per heavy atom. The van der Waals surface area contributed by atoms with E-state index in [0.29, 0.717) is 24.1 Å². The highest BCUT2D eigenvalue weighted by Gasteiger charge is 2.32. The smallest absolute Gasteiger partial charge is 0.303 e. The number of carboxylic acid groups (broad SMARTS) is 1. The quantitative estimate of drug-likeness (QED) is 0.339. The van der Waals surface area contributed by atoms with Gasteiger partial charge in [0.25, 0.3) is 0 Å². The molecule has 0 bridgehead atoms. The SMILES string of the molecule is COc1ccc(-c2ccc(OC)nc2)c(OC2CCC(Oc3nccc(CCC(=O)O)c3C3CC3)CC2)c1. The van der Waals surface area contributed by atoms with Gasteiger partial charge in [-0.15, -0.1) is 0 Å². The zero-order valence-corrected chi connectivity index (χ0v) is 21.9. The fourth-order valence-electron chi connectivity index (χ4n) is 5.09. The monoisotopic (exact) mass is 518 g/mol. The van der Waals surface area contributed by atoms with Gasteiger partial charge in [-0.1, -0.05) is 0 Å². The van der Waals surface area contributed by atoms with E-state index in [4.69, 9.17) is 24.1 Å². The third kappa shape index (κ3) is 6.18. The van der Waals surface area contributed by atoms with Crippen LogP contribution < -0.4 is 18.9 Å². The number of aromatic nitrogens is 2. The van der Waals surface area contributed by atoms with E-state index in [1.165, 1.54) is 0 Å². The van der Waals surface area contributed by atoms with Gasteiger partial charge >= 0.3 is 5.97 Å². The van der Waals surface area contributed by atoms with E-state index < -0.39 is 5.97 Å². The standard InChI is InChI=1S/C30H34N2O6/c1-35-24-11-12-25(21-5-13-27(36-2)32-18-21)26(17-24)37-22-7-9-23(10-8-22)38-30-29(19-3-4-19)20(15-16-31-30)6-14-28(33)34/h5,11-13,15-19,22-23H,3-4,6-10,14H2,1-2H3,(H,33,34). The van der Waals surface area contributed by atoms with Gasteiger partial charge in [-0.05, 0) is 80.7 Å². The lowest BCUT2D eigenvalue weighted by molar-refractivity contribution is -0.136. The topological polar surface area (TPSA) is 100 Å². The van der Waals surface area contributed by atoms with Gasteiger partial charge in [0.05, 0.1) is 20.3 Å². The van der Waals surface area contributed by atoms with Crippen LogP contribution in [-0.2, 0) is 11.2 Å². The number of nitrogens with zero attached hydrogens (tertiary/aromatic N) is 2. The fourth-order valence-corrected chi connectivity index (χ4v) is 5.09. The second kappa shape index (κ2) is 11.7. The van der Waals surface area contributed by atoms with Gasteiger partial charge < -0.3 is 24.1 Å². The number of pyridine rings is 2. The number of benzene rings is 1. The summed E-state index contributed by atoms with van der Waals surface area (Å²) < 4.78 is 23.6. The van der Waals surface area contributed by atoms with Crippen molar-refractivity contribution in [3.05, 3.63) is 59.9 Å². The molecule has 1 aromatic carbocycles. The van der Waals surface area contributed by atoms with E-state index in [2.05, 4.69) is 9.97 Å². The van der Waals surface area contributed by atoms with Crippen molar-refractivity contribution >= 4 is 5.97 Å². The number of hydrogen-bond acceptors (Lipinski definition) is 7. The molecular formula is C30H34N2O6. The summed E-state index contributed by atoms with van der Waals surface area (Å²) in [6, 6.07) is 11.6. The minimum atomic E-state index is -0.785. The fraction of sp³-hybridized carbons (Fsp3) is 0.433. The van der Waals surface area contributed by atoms with Crippen LogP contribution in [0.25, 0.3) is 11.1 Å². The molecule has 0 spiro atoms. The molecule has 0 unspecified atom stereocenters. The molecule has 0 saturated heterocycles. The van der Waals surface area contributed by atoms with Gasteiger partial charge in [0.1, 0.15) is 17.6 Å². The van der Waals surface area contributed by atoms with Crippen molar-refractivity contribution < 1.29 is 28.8 Å². The Balaban J connectivity index is 1.25. The van der Waals surface area contributed by atoms with Crippen molar-refractivity contribution in [2.75, 3.05) is 14.2 Å². The molecule has 1 N–H and O–H groups in total. The number of hydrogen-bond donors (Lipinski definition) is 1. The second-order valence-corrected chi connectivity index (χ2v) is 9.94. The average molecular weight is 519 g/mol. The summed E-state index contributed by atoms with van der Waals surface area (Å²) in [6.45, 7) is 0. The molecule has 8 heteroatoms. The predicted molar refractivity (Wildman–Crippen MR) is 142 cm³/mol. The second-order valence-electron chi connectivity index (χ2n) is 9.94. The van der Waals surface area contributed by atoms with Crippen LogP contribution in [0.15, 0.2) is 48.8 Å². The summed E-state index contributed by atoms with van der Waals surface area (Å²) in [7, 11) is 3.25. The highest BCUT2D eigenvalue weighted by atomic mass is 16.5. The minimum absolute atomic E-state index is 0.0599. The number of aryl methyl sites for hydroxylation is 1. The van der Waals surface area contributed by atoms with E-state index in [0.717, 1.165) is 72.3 Å². The number of methoxy groups -OCH3 is 2. The summed E-state index contributed by atoms with van der Waals surface area (Å²) in [5.74, 6) is 2.40. The van der Waals surface area contributed by atoms with Crippen molar-refractivity contribution in [3.63, 3.8) is 0 Å². The van der Waals surface area contributed by atoms with Gasteiger partial charge in [0.15, 0.2) is 0 Å². The Bertz CT molecular complexity index is 1250. The van der Waals surface area contributed by atoms with Crippen molar-refractivity contribution in [2.45, 2.75) is 69.5 Å². The third-order valence-corrected chi connectivity index (χ3v) is 7.28. The first-order chi connectivity index (χ1) is 18.5. The van der Waals surface area contributed by atoms with Gasteiger partial charge in [0.2, 0.25) is 11.8 Å². The van der Waals surface area contributed by atoms with Crippen LogP contribution in [0, 0.1) is 0 Å². The number of carbonyl (C=O) groups is 1. The van der Waals surface area contributed by atoms with Crippen molar-refractivity contribution in [2.24, 2.45) is 0 Å². The molecule has 0 amide bonds. The molecule has 0 radical (unpaired) electrons. The normalized spacial score (nSPS) is 19.0. The summed E-state index contributed by atoms with van der Waals surface area (Å²) in [6.07, 6.45) is 9.92.